The fourth-order valence-corrected chi connectivity index (χ4v) is 3.91. The summed E-state index contributed by atoms with van der Waals surface area (Å²) < 4.78 is 5.66. The van der Waals surface area contributed by atoms with Crippen molar-refractivity contribution in [1.29, 1.82) is 0 Å². The molecule has 8 nitrogen and oxygen atoms in total. The number of hydrogen-bond acceptors (Lipinski definition) is 6. The monoisotopic (exact) mass is 462 g/mol. The van der Waals surface area contributed by atoms with Gasteiger partial charge in [0.2, 0.25) is 5.91 Å². The molecule has 0 spiro atoms. The molecule has 1 unspecified atom stereocenters. The van der Waals surface area contributed by atoms with E-state index in [-0.39, 0.29) is 18.0 Å². The van der Waals surface area contributed by atoms with Gasteiger partial charge < -0.3 is 20.9 Å². The summed E-state index contributed by atoms with van der Waals surface area (Å²) in [6.07, 6.45) is 4.45. The summed E-state index contributed by atoms with van der Waals surface area (Å²) in [5, 5.41) is 11.8. The number of aryl methyl sites for hydroxylation is 1. The molecule has 0 bridgehead atoms. The highest BCUT2D eigenvalue weighted by molar-refractivity contribution is 6.08. The number of carboxylic acids is 1. The highest BCUT2D eigenvalue weighted by atomic mass is 16.5. The lowest BCUT2D eigenvalue weighted by atomic mass is 9.82. The molecule has 4 N–H and O–H groups in total. The van der Waals surface area contributed by atoms with Crippen LogP contribution in [0, 0.1) is 6.92 Å². The van der Waals surface area contributed by atoms with E-state index in [9.17, 15) is 9.59 Å². The first-order valence-electron chi connectivity index (χ1n) is 11.1. The number of carbonyl (C=O) groups excluding carboxylic acids is 1. The number of amides is 1. The number of benzene rings is 1. The van der Waals surface area contributed by atoms with E-state index in [2.05, 4.69) is 21.9 Å². The number of ether oxygens (including phenoxy) is 1. The molecule has 3 rings (SSSR count). The molecule has 1 amide bonds. The Morgan fingerprint density at radius 2 is 2.00 bits per heavy atom. The van der Waals surface area contributed by atoms with Gasteiger partial charge in [0.1, 0.15) is 22.8 Å². The predicted octanol–water partition coefficient (Wildman–Crippen LogP) is 4.72. The Kier molecular flexibility index (Phi) is 7.20. The number of nitrogens with zero attached hydrogens (tertiary/aromatic N) is 2. The van der Waals surface area contributed by atoms with Crippen LogP contribution in [0.25, 0.3) is 5.57 Å². The van der Waals surface area contributed by atoms with Gasteiger partial charge in [-0.3, -0.25) is 9.59 Å². The van der Waals surface area contributed by atoms with E-state index in [1.54, 1.807) is 6.92 Å². The lowest BCUT2D eigenvalue weighted by molar-refractivity contribution is -0.136. The number of carbonyl (C=O) groups is 2. The number of nitrogens with one attached hydrogen (secondary N) is 1. The summed E-state index contributed by atoms with van der Waals surface area (Å²) in [6, 6.07) is 7.92. The average Bonchev–Trinajstić information content (AvgIpc) is 3.06. The third-order valence-electron chi connectivity index (χ3n) is 5.97. The number of rotatable bonds is 9. The third kappa shape index (κ3) is 4.57. The van der Waals surface area contributed by atoms with Crippen LogP contribution in [-0.4, -0.2) is 27.0 Å². The van der Waals surface area contributed by atoms with E-state index < -0.39 is 17.3 Å². The summed E-state index contributed by atoms with van der Waals surface area (Å²) in [7, 11) is 0. The molecule has 0 saturated heterocycles. The van der Waals surface area contributed by atoms with Gasteiger partial charge in [-0.05, 0) is 43.4 Å². The maximum Gasteiger partial charge on any atom is 0.307 e. The Morgan fingerprint density at radius 3 is 2.62 bits per heavy atom. The fourth-order valence-electron chi connectivity index (χ4n) is 3.91. The van der Waals surface area contributed by atoms with E-state index in [0.717, 1.165) is 23.1 Å². The van der Waals surface area contributed by atoms with E-state index >= 15 is 0 Å². The number of nitrogens with two attached hydrogens (primary N) is 1. The zero-order valence-electron chi connectivity index (χ0n) is 19.9. The van der Waals surface area contributed by atoms with E-state index in [0.29, 0.717) is 29.2 Å². The number of carboxylic acid groups (broad SMARTS) is 1. The Labute approximate surface area is 199 Å². The minimum Gasteiger partial charge on any atom is -0.481 e. The van der Waals surface area contributed by atoms with Gasteiger partial charge in [-0.1, -0.05) is 50.8 Å². The van der Waals surface area contributed by atoms with Crippen LogP contribution in [-0.2, 0) is 19.7 Å². The van der Waals surface area contributed by atoms with Crippen molar-refractivity contribution in [2.24, 2.45) is 0 Å². The normalized spacial score (nSPS) is 17.8. The lowest BCUT2D eigenvalue weighted by Gasteiger charge is -2.24. The number of aromatic nitrogens is 2. The fraction of sp³-hybridized carbons (Fsp3) is 0.308. The van der Waals surface area contributed by atoms with Crippen LogP contribution in [0.5, 0.6) is 0 Å². The molecule has 0 aliphatic carbocycles. The zero-order chi connectivity index (χ0) is 25.0. The van der Waals surface area contributed by atoms with Crippen molar-refractivity contribution in [3.05, 3.63) is 77.0 Å². The smallest absolute Gasteiger partial charge is 0.307 e. The molecule has 1 aliphatic rings. The van der Waals surface area contributed by atoms with Crippen LogP contribution in [0.1, 0.15) is 62.5 Å². The van der Waals surface area contributed by atoms with Crippen LogP contribution >= 0.6 is 0 Å². The number of nitrogen functional groups attached to an aromatic ring is 1. The topological polar surface area (TPSA) is 127 Å². The molecule has 1 aliphatic heterocycles. The first-order chi connectivity index (χ1) is 16.1. The molecule has 0 fully saturated rings. The summed E-state index contributed by atoms with van der Waals surface area (Å²) in [5.74, 6) is -0.393. The van der Waals surface area contributed by atoms with Gasteiger partial charge in [0, 0.05) is 5.57 Å². The lowest BCUT2D eigenvalue weighted by Crippen LogP contribution is -2.34. The number of hydrogen-bond donors (Lipinski definition) is 3. The Bertz CT molecular complexity index is 1220. The molecule has 178 valence electrons. The highest BCUT2D eigenvalue weighted by Crippen LogP contribution is 2.45. The Hall–Kier alpha value is -3.94. The molecule has 1 aromatic heterocycles. The van der Waals surface area contributed by atoms with Gasteiger partial charge in [-0.2, -0.15) is 0 Å². The van der Waals surface area contributed by atoms with Crippen LogP contribution in [0.4, 0.5) is 11.6 Å². The quantitative estimate of drug-likeness (QED) is 0.460. The molecule has 0 radical (unpaired) electrons. The van der Waals surface area contributed by atoms with Crippen LogP contribution in [0.3, 0.4) is 0 Å². The van der Waals surface area contributed by atoms with Gasteiger partial charge in [-0.15, -0.1) is 0 Å². The summed E-state index contributed by atoms with van der Waals surface area (Å²) >= 11 is 0. The third-order valence-corrected chi connectivity index (χ3v) is 5.97. The molecule has 0 saturated carbocycles. The standard InChI is InChI=1S/C26H30N4O4/c1-6-10-19(18-12-9-8-11-15(18)3)23-28-22(27)21-24(29-23)30-25(33)26(21,5)16(4)34-14-17(7-2)13-20(31)32/h8-12,14H,4,6-7,13H2,1-3,5H3,(H,31,32)(H3,27,28,29,30,33)/b17-14+,19-10-. The highest BCUT2D eigenvalue weighted by Gasteiger charge is 2.49. The van der Waals surface area contributed by atoms with Crippen LogP contribution < -0.4 is 11.1 Å². The molecule has 8 heteroatoms. The van der Waals surface area contributed by atoms with Crippen molar-refractivity contribution in [1.82, 2.24) is 9.97 Å². The molecule has 1 atom stereocenters. The number of allylic oxidation sites excluding steroid dienone is 1. The van der Waals surface area contributed by atoms with E-state index in [1.807, 2.05) is 51.1 Å². The van der Waals surface area contributed by atoms with Gasteiger partial charge >= 0.3 is 5.97 Å². The molecule has 1 aromatic carbocycles. The maximum atomic E-state index is 13.1. The maximum absolute atomic E-state index is 13.1. The second-order valence-corrected chi connectivity index (χ2v) is 8.32. The van der Waals surface area contributed by atoms with Gasteiger partial charge in [0.25, 0.3) is 0 Å². The summed E-state index contributed by atoms with van der Waals surface area (Å²) in [6.45, 7) is 11.4. The average molecular weight is 463 g/mol. The van der Waals surface area contributed by atoms with E-state index in [1.165, 1.54) is 6.26 Å². The van der Waals surface area contributed by atoms with Crippen molar-refractivity contribution in [2.75, 3.05) is 11.1 Å². The molecule has 2 aromatic rings. The minimum atomic E-state index is -1.34. The molecule has 34 heavy (non-hydrogen) atoms. The second-order valence-electron chi connectivity index (χ2n) is 8.32. The van der Waals surface area contributed by atoms with Gasteiger partial charge in [0.15, 0.2) is 5.82 Å². The van der Waals surface area contributed by atoms with Crippen molar-refractivity contribution < 1.29 is 19.4 Å². The Morgan fingerprint density at radius 1 is 1.29 bits per heavy atom. The van der Waals surface area contributed by atoms with Crippen molar-refractivity contribution in [3.8, 4) is 0 Å². The number of anilines is 2. The molecular formula is C26H30N4O4. The Balaban J connectivity index is 2.03. The summed E-state index contributed by atoms with van der Waals surface area (Å²) in [4.78, 5) is 33.3. The largest absolute Gasteiger partial charge is 0.481 e. The first-order valence-corrected chi connectivity index (χ1v) is 11.1. The van der Waals surface area contributed by atoms with E-state index in [4.69, 9.17) is 15.6 Å². The van der Waals surface area contributed by atoms with Crippen LogP contribution in [0.2, 0.25) is 0 Å². The zero-order valence-corrected chi connectivity index (χ0v) is 19.9. The van der Waals surface area contributed by atoms with Crippen LogP contribution in [0.15, 0.2) is 54.5 Å². The predicted molar refractivity (Wildman–Crippen MR) is 132 cm³/mol. The van der Waals surface area contributed by atoms with Crippen molar-refractivity contribution in [3.63, 3.8) is 0 Å². The molecule has 2 heterocycles. The van der Waals surface area contributed by atoms with Crippen molar-refractivity contribution in [2.45, 2.75) is 52.4 Å². The number of fused-ring (bicyclic) bond motifs is 1. The number of aliphatic carboxylic acids is 1. The van der Waals surface area contributed by atoms with Crippen molar-refractivity contribution >= 4 is 29.1 Å². The molecular weight excluding hydrogens is 432 g/mol. The summed E-state index contributed by atoms with van der Waals surface area (Å²) in [5.41, 5.74) is 8.88. The SMILES string of the molecule is C=C(O/C=C(\CC)CC(=O)O)C1(C)C(=O)Nc2nc(/C(=C\CC)c3ccccc3C)nc(N)c21. The first kappa shape index (κ1) is 24.7. The second kappa shape index (κ2) is 9.91. The van der Waals surface area contributed by atoms with Gasteiger partial charge in [0.05, 0.1) is 18.2 Å². The minimum absolute atomic E-state index is 0.103. The van der Waals surface area contributed by atoms with Gasteiger partial charge in [-0.25, -0.2) is 9.97 Å².